The molecule has 0 radical (unpaired) electrons. The summed E-state index contributed by atoms with van der Waals surface area (Å²) in [5.41, 5.74) is 2.52. The number of nitrogens with zero attached hydrogens (tertiary/aromatic N) is 1. The van der Waals surface area contributed by atoms with Crippen LogP contribution in [0.25, 0.3) is 21.8 Å². The summed E-state index contributed by atoms with van der Waals surface area (Å²) < 4.78 is 7.70. The van der Waals surface area contributed by atoms with E-state index >= 15 is 0 Å². The van der Waals surface area contributed by atoms with Gasteiger partial charge in [0, 0.05) is 37.4 Å². The first-order valence-electron chi connectivity index (χ1n) is 8.78. The van der Waals surface area contributed by atoms with Gasteiger partial charge in [0.2, 0.25) is 0 Å². The Morgan fingerprint density at radius 3 is 2.04 bits per heavy atom. The van der Waals surface area contributed by atoms with E-state index in [2.05, 4.69) is 0 Å². The number of carbonyl (C=O) groups excluding carboxylic acids is 1. The summed E-state index contributed by atoms with van der Waals surface area (Å²) in [4.78, 5) is 10.7. The molecule has 1 N–H and O–H groups in total. The summed E-state index contributed by atoms with van der Waals surface area (Å²) in [6.45, 7) is 0.485. The summed E-state index contributed by atoms with van der Waals surface area (Å²) in [5, 5.41) is 13.8. The Labute approximate surface area is 171 Å². The van der Waals surface area contributed by atoms with E-state index in [4.69, 9.17) is 27.9 Å². The number of halogens is 2. The summed E-state index contributed by atoms with van der Waals surface area (Å²) in [6, 6.07) is 18.1. The fraction of sp³-hybridized carbons (Fsp3) is 0.136. The number of aliphatic hydroxyl groups is 1. The fourth-order valence-corrected chi connectivity index (χ4v) is 3.69. The summed E-state index contributed by atoms with van der Waals surface area (Å²) in [7, 11) is 0. The van der Waals surface area contributed by atoms with Crippen LogP contribution in [0, 0.1) is 0 Å². The first-order valence-corrected chi connectivity index (χ1v) is 9.54. The number of hydrogen-bond donors (Lipinski definition) is 1. The highest BCUT2D eigenvalue weighted by Crippen LogP contribution is 2.33. The molecule has 1 atom stereocenters. The van der Waals surface area contributed by atoms with Crippen LogP contribution in [0.4, 0.5) is 0 Å². The molecule has 0 fully saturated rings. The van der Waals surface area contributed by atoms with Crippen molar-refractivity contribution in [2.24, 2.45) is 0 Å². The number of hydrogen-bond acceptors (Lipinski definition) is 3. The zero-order chi connectivity index (χ0) is 19.7. The third kappa shape index (κ3) is 3.72. The van der Waals surface area contributed by atoms with Gasteiger partial charge in [-0.05, 0) is 60.7 Å². The zero-order valence-electron chi connectivity index (χ0n) is 14.8. The van der Waals surface area contributed by atoms with Crippen LogP contribution in [-0.4, -0.2) is 28.7 Å². The molecule has 0 amide bonds. The number of aliphatic hydroxyl groups excluding tert-OH is 1. The molecule has 1 heterocycles. The lowest BCUT2D eigenvalue weighted by atomic mass is 10.1. The van der Waals surface area contributed by atoms with Gasteiger partial charge in [0.15, 0.2) is 0 Å². The lowest BCUT2D eigenvalue weighted by molar-refractivity contribution is 0.0944. The second kappa shape index (κ2) is 7.84. The third-order valence-corrected chi connectivity index (χ3v) is 5.11. The Kier molecular flexibility index (Phi) is 5.27. The molecule has 142 valence electrons. The minimum atomic E-state index is -0.726. The maximum Gasteiger partial charge on any atom is 0.150 e. The molecule has 4 nitrogen and oxygen atoms in total. The predicted molar refractivity (Wildman–Crippen MR) is 113 cm³/mol. The predicted octanol–water partition coefficient (Wildman–Crippen LogP) is 5.35. The number of fused-ring (bicyclic) bond motifs is 3. The Hall–Kier alpha value is -2.53. The molecule has 1 aromatic heterocycles. The van der Waals surface area contributed by atoms with Crippen molar-refractivity contribution in [3.05, 3.63) is 76.3 Å². The Bertz CT molecular complexity index is 1090. The van der Waals surface area contributed by atoms with Crippen molar-refractivity contribution in [2.45, 2.75) is 12.6 Å². The standard InChI is InChI=1S/C22H17Cl2NO3/c23-15-3-7-21-19(9-15)20-10-16(24)4-8-22(20)25(21)11-17(27)13-28-18-5-1-14(12-26)2-6-18/h1-10,12,17,27H,11,13H2/t17-/m0/s1. The molecule has 28 heavy (non-hydrogen) atoms. The van der Waals surface area contributed by atoms with Crippen molar-refractivity contribution in [3.63, 3.8) is 0 Å². The fourth-order valence-electron chi connectivity index (χ4n) is 3.34. The van der Waals surface area contributed by atoms with E-state index in [1.807, 2.05) is 41.0 Å². The van der Waals surface area contributed by atoms with Gasteiger partial charge in [-0.2, -0.15) is 0 Å². The Balaban J connectivity index is 1.60. The molecule has 0 saturated heterocycles. The zero-order valence-corrected chi connectivity index (χ0v) is 16.3. The minimum absolute atomic E-state index is 0.128. The van der Waals surface area contributed by atoms with Crippen molar-refractivity contribution in [1.82, 2.24) is 4.57 Å². The number of aromatic nitrogens is 1. The van der Waals surface area contributed by atoms with Gasteiger partial charge >= 0.3 is 0 Å². The van der Waals surface area contributed by atoms with Crippen LogP contribution in [0.2, 0.25) is 10.0 Å². The number of aldehydes is 1. The third-order valence-electron chi connectivity index (χ3n) is 4.64. The van der Waals surface area contributed by atoms with Gasteiger partial charge in [0.1, 0.15) is 24.7 Å². The van der Waals surface area contributed by atoms with Crippen molar-refractivity contribution in [1.29, 1.82) is 0 Å². The van der Waals surface area contributed by atoms with E-state index in [0.29, 0.717) is 27.9 Å². The van der Waals surface area contributed by atoms with Gasteiger partial charge < -0.3 is 14.4 Å². The van der Waals surface area contributed by atoms with Gasteiger partial charge in [-0.15, -0.1) is 0 Å². The average Bonchev–Trinajstić information content (AvgIpc) is 2.99. The SMILES string of the molecule is O=Cc1ccc(OC[C@@H](O)Cn2c3ccc(Cl)cc3c3cc(Cl)ccc32)cc1. The molecule has 0 saturated carbocycles. The molecule has 6 heteroatoms. The van der Waals surface area contributed by atoms with E-state index in [1.54, 1.807) is 24.3 Å². The first-order chi connectivity index (χ1) is 13.5. The van der Waals surface area contributed by atoms with E-state index < -0.39 is 6.10 Å². The normalized spacial score (nSPS) is 12.4. The molecule has 0 unspecified atom stereocenters. The molecule has 0 bridgehead atoms. The van der Waals surface area contributed by atoms with Gasteiger partial charge in [-0.1, -0.05) is 23.2 Å². The van der Waals surface area contributed by atoms with E-state index in [0.717, 1.165) is 28.1 Å². The van der Waals surface area contributed by atoms with Crippen LogP contribution in [-0.2, 0) is 6.54 Å². The molecule has 4 rings (SSSR count). The van der Waals surface area contributed by atoms with E-state index in [1.165, 1.54) is 0 Å². The second-order valence-electron chi connectivity index (χ2n) is 6.59. The van der Waals surface area contributed by atoms with Crippen LogP contribution in [0.15, 0.2) is 60.7 Å². The maximum atomic E-state index is 10.7. The summed E-state index contributed by atoms with van der Waals surface area (Å²) in [6.07, 6.45) is 0.0512. The molecule has 0 aliphatic heterocycles. The van der Waals surface area contributed by atoms with Crippen LogP contribution in [0.3, 0.4) is 0 Å². The average molecular weight is 414 g/mol. The van der Waals surface area contributed by atoms with Crippen molar-refractivity contribution in [2.75, 3.05) is 6.61 Å². The number of rotatable bonds is 6. The van der Waals surface area contributed by atoms with Crippen LogP contribution >= 0.6 is 23.2 Å². The highest BCUT2D eigenvalue weighted by atomic mass is 35.5. The maximum absolute atomic E-state index is 10.7. The molecular weight excluding hydrogens is 397 g/mol. The Morgan fingerprint density at radius 2 is 1.50 bits per heavy atom. The lowest BCUT2D eigenvalue weighted by Crippen LogP contribution is -2.23. The molecule has 4 aromatic rings. The summed E-state index contributed by atoms with van der Waals surface area (Å²) >= 11 is 12.4. The first kappa shape index (κ1) is 18.8. The topological polar surface area (TPSA) is 51.5 Å². The highest BCUT2D eigenvalue weighted by molar-refractivity contribution is 6.33. The molecular formula is C22H17Cl2NO3. The van der Waals surface area contributed by atoms with Gasteiger partial charge in [0.05, 0.1) is 6.54 Å². The van der Waals surface area contributed by atoms with Gasteiger partial charge in [-0.25, -0.2) is 0 Å². The molecule has 0 aliphatic rings. The van der Waals surface area contributed by atoms with E-state index in [-0.39, 0.29) is 6.61 Å². The largest absolute Gasteiger partial charge is 0.491 e. The number of benzene rings is 3. The minimum Gasteiger partial charge on any atom is -0.491 e. The van der Waals surface area contributed by atoms with Crippen LogP contribution in [0.1, 0.15) is 10.4 Å². The van der Waals surface area contributed by atoms with Gasteiger partial charge in [-0.3, -0.25) is 4.79 Å². The second-order valence-corrected chi connectivity index (χ2v) is 7.46. The molecule has 3 aromatic carbocycles. The van der Waals surface area contributed by atoms with Crippen molar-refractivity contribution >= 4 is 51.3 Å². The van der Waals surface area contributed by atoms with Crippen LogP contribution < -0.4 is 4.74 Å². The van der Waals surface area contributed by atoms with E-state index in [9.17, 15) is 9.90 Å². The Morgan fingerprint density at radius 1 is 0.929 bits per heavy atom. The molecule has 0 aliphatic carbocycles. The lowest BCUT2D eigenvalue weighted by Gasteiger charge is -2.15. The summed E-state index contributed by atoms with van der Waals surface area (Å²) in [5.74, 6) is 0.602. The van der Waals surface area contributed by atoms with Crippen molar-refractivity contribution in [3.8, 4) is 5.75 Å². The number of ether oxygens (including phenoxy) is 1. The molecule has 0 spiro atoms. The van der Waals surface area contributed by atoms with Crippen molar-refractivity contribution < 1.29 is 14.6 Å². The quantitative estimate of drug-likeness (QED) is 0.433. The van der Waals surface area contributed by atoms with Gasteiger partial charge in [0.25, 0.3) is 0 Å². The van der Waals surface area contributed by atoms with Crippen LogP contribution in [0.5, 0.6) is 5.75 Å². The monoisotopic (exact) mass is 413 g/mol. The number of carbonyl (C=O) groups is 1. The smallest absolute Gasteiger partial charge is 0.150 e. The highest BCUT2D eigenvalue weighted by Gasteiger charge is 2.15.